The summed E-state index contributed by atoms with van der Waals surface area (Å²) < 4.78 is 0. The Morgan fingerprint density at radius 3 is 2.43 bits per heavy atom. The van der Waals surface area contributed by atoms with Crippen LogP contribution in [0.4, 0.5) is 0 Å². The maximum absolute atomic E-state index is 3.79. The molecule has 0 aliphatic rings. The Morgan fingerprint density at radius 1 is 1.10 bits per heavy atom. The molecule has 0 bridgehead atoms. The molecule has 1 N–H and O–H groups in total. The minimum Gasteiger partial charge on any atom is -0.314 e. The van der Waals surface area contributed by atoms with Crippen molar-refractivity contribution in [3.05, 3.63) is 47.5 Å². The lowest BCUT2D eigenvalue weighted by molar-refractivity contribution is 0.454. The highest BCUT2D eigenvalue weighted by atomic mass is 14.9. The molecule has 0 saturated heterocycles. The third-order valence-electron chi connectivity index (χ3n) is 3.91. The summed E-state index contributed by atoms with van der Waals surface area (Å²) in [5, 5.41) is 3.73. The quantitative estimate of drug-likeness (QED) is 0.427. The fourth-order valence-electron chi connectivity index (χ4n) is 2.95. The van der Waals surface area contributed by atoms with Crippen molar-refractivity contribution in [3.8, 4) is 0 Å². The maximum atomic E-state index is 3.79. The van der Waals surface area contributed by atoms with Crippen LogP contribution in [0.15, 0.2) is 30.9 Å². The predicted molar refractivity (Wildman–Crippen MR) is 95.0 cm³/mol. The molecule has 0 amide bonds. The molecule has 1 aromatic rings. The third-order valence-corrected chi connectivity index (χ3v) is 3.91. The molecular formula is C20H33N. The first-order valence-electron chi connectivity index (χ1n) is 8.57. The zero-order valence-electron chi connectivity index (χ0n) is 14.3. The number of unbranched alkanes of at least 4 members (excludes halogenated alkanes) is 3. The smallest absolute Gasteiger partial charge is 0.0107 e. The highest BCUT2D eigenvalue weighted by molar-refractivity contribution is 5.29. The first-order chi connectivity index (χ1) is 10.2. The average Bonchev–Trinajstić information content (AvgIpc) is 2.43. The molecule has 1 atom stereocenters. The van der Waals surface area contributed by atoms with Crippen LogP contribution < -0.4 is 5.32 Å². The molecule has 0 saturated carbocycles. The number of rotatable bonds is 11. The summed E-state index contributed by atoms with van der Waals surface area (Å²) in [4.78, 5) is 0. The van der Waals surface area contributed by atoms with Gasteiger partial charge in [0.1, 0.15) is 0 Å². The number of nitrogens with one attached hydrogen (secondary N) is 1. The normalized spacial score (nSPS) is 12.3. The first-order valence-corrected chi connectivity index (χ1v) is 8.57. The van der Waals surface area contributed by atoms with Crippen molar-refractivity contribution in [1.82, 2.24) is 5.32 Å². The second-order valence-electron chi connectivity index (χ2n) is 6.28. The van der Waals surface area contributed by atoms with Gasteiger partial charge in [-0.2, -0.15) is 0 Å². The van der Waals surface area contributed by atoms with E-state index in [1.807, 2.05) is 6.08 Å². The zero-order chi connectivity index (χ0) is 15.5. The van der Waals surface area contributed by atoms with Crippen molar-refractivity contribution in [2.24, 2.45) is 0 Å². The average molecular weight is 287 g/mol. The van der Waals surface area contributed by atoms with Gasteiger partial charge in [0.25, 0.3) is 0 Å². The van der Waals surface area contributed by atoms with Crippen molar-refractivity contribution in [3.63, 3.8) is 0 Å². The molecule has 0 radical (unpaired) electrons. The molecule has 21 heavy (non-hydrogen) atoms. The molecule has 0 fully saturated rings. The van der Waals surface area contributed by atoms with Gasteiger partial charge in [-0.3, -0.25) is 0 Å². The Hall–Kier alpha value is -1.08. The van der Waals surface area contributed by atoms with Gasteiger partial charge in [0, 0.05) is 6.04 Å². The topological polar surface area (TPSA) is 12.0 Å². The maximum Gasteiger partial charge on any atom is 0.0107 e. The van der Waals surface area contributed by atoms with Crippen LogP contribution in [0.2, 0.25) is 0 Å². The molecule has 0 aliphatic carbocycles. The molecular weight excluding hydrogens is 254 g/mol. The highest BCUT2D eigenvalue weighted by Crippen LogP contribution is 2.14. The van der Waals surface area contributed by atoms with Crippen LogP contribution in [-0.4, -0.2) is 12.6 Å². The second kappa shape index (κ2) is 10.6. The Balaban J connectivity index is 2.49. The molecule has 1 aromatic carbocycles. The molecule has 118 valence electrons. The minimum absolute atomic E-state index is 0.620. The van der Waals surface area contributed by atoms with E-state index in [1.54, 1.807) is 0 Å². The molecule has 0 aliphatic heterocycles. The van der Waals surface area contributed by atoms with E-state index < -0.39 is 0 Å². The Kier molecular flexibility index (Phi) is 9.09. The van der Waals surface area contributed by atoms with Gasteiger partial charge in [-0.25, -0.2) is 0 Å². The first kappa shape index (κ1) is 18.0. The third kappa shape index (κ3) is 8.06. The van der Waals surface area contributed by atoms with Gasteiger partial charge in [-0.05, 0) is 58.1 Å². The van der Waals surface area contributed by atoms with Crippen LogP contribution in [0, 0.1) is 13.8 Å². The van der Waals surface area contributed by atoms with Crippen LogP contribution in [0.5, 0.6) is 0 Å². The lowest BCUT2D eigenvalue weighted by Gasteiger charge is -2.19. The van der Waals surface area contributed by atoms with Gasteiger partial charge in [0.05, 0.1) is 0 Å². The molecule has 1 heteroatoms. The Morgan fingerprint density at radius 2 is 1.81 bits per heavy atom. The van der Waals surface area contributed by atoms with E-state index in [9.17, 15) is 0 Å². The van der Waals surface area contributed by atoms with Crippen LogP contribution >= 0.6 is 0 Å². The fraction of sp³-hybridized carbons (Fsp3) is 0.600. The van der Waals surface area contributed by atoms with Crippen molar-refractivity contribution in [2.45, 2.75) is 71.8 Å². The van der Waals surface area contributed by atoms with Crippen LogP contribution in [-0.2, 0) is 6.42 Å². The summed E-state index contributed by atoms with van der Waals surface area (Å²) in [6.45, 7) is 11.6. The van der Waals surface area contributed by atoms with Gasteiger partial charge in [0.2, 0.25) is 0 Å². The lowest BCUT2D eigenvalue weighted by atomic mass is 9.97. The molecule has 1 unspecified atom stereocenters. The standard InChI is InChI=1S/C20H33N/c1-5-7-8-9-10-11-20(21-12-6-2)16-19-14-17(3)13-18(4)15-19/h5,13-15,20-21H,1,6-12,16H2,2-4H3. The number of hydrogen-bond donors (Lipinski definition) is 1. The summed E-state index contributed by atoms with van der Waals surface area (Å²) in [5.74, 6) is 0. The van der Waals surface area contributed by atoms with Crippen molar-refractivity contribution in [2.75, 3.05) is 6.54 Å². The number of hydrogen-bond acceptors (Lipinski definition) is 1. The van der Waals surface area contributed by atoms with Crippen LogP contribution in [0.25, 0.3) is 0 Å². The molecule has 0 aromatic heterocycles. The van der Waals surface area contributed by atoms with Crippen molar-refractivity contribution in [1.29, 1.82) is 0 Å². The van der Waals surface area contributed by atoms with E-state index in [4.69, 9.17) is 0 Å². The van der Waals surface area contributed by atoms with Gasteiger partial charge in [0.15, 0.2) is 0 Å². The van der Waals surface area contributed by atoms with E-state index in [-0.39, 0.29) is 0 Å². The monoisotopic (exact) mass is 287 g/mol. The Labute approximate surface area is 131 Å². The van der Waals surface area contributed by atoms with Gasteiger partial charge >= 0.3 is 0 Å². The Bertz CT molecular complexity index is 388. The summed E-state index contributed by atoms with van der Waals surface area (Å²) >= 11 is 0. The van der Waals surface area contributed by atoms with E-state index >= 15 is 0 Å². The van der Waals surface area contributed by atoms with Gasteiger partial charge in [-0.1, -0.05) is 55.2 Å². The lowest BCUT2D eigenvalue weighted by Crippen LogP contribution is -2.31. The number of aryl methyl sites for hydroxylation is 2. The SMILES string of the molecule is C=CCCCCCC(Cc1cc(C)cc(C)c1)NCCC. The molecule has 1 nitrogen and oxygen atoms in total. The molecule has 1 rings (SSSR count). The van der Waals surface area contributed by atoms with E-state index in [1.165, 1.54) is 48.8 Å². The number of allylic oxidation sites excluding steroid dienone is 1. The second-order valence-corrected chi connectivity index (χ2v) is 6.28. The summed E-state index contributed by atoms with van der Waals surface area (Å²) in [5.41, 5.74) is 4.24. The number of benzene rings is 1. The van der Waals surface area contributed by atoms with Gasteiger partial charge < -0.3 is 5.32 Å². The largest absolute Gasteiger partial charge is 0.314 e. The highest BCUT2D eigenvalue weighted by Gasteiger charge is 2.09. The fourth-order valence-corrected chi connectivity index (χ4v) is 2.95. The summed E-state index contributed by atoms with van der Waals surface area (Å²) in [6, 6.07) is 7.55. The summed E-state index contributed by atoms with van der Waals surface area (Å²) in [6.07, 6.45) is 10.8. The minimum atomic E-state index is 0.620. The van der Waals surface area contributed by atoms with E-state index in [2.05, 4.69) is 50.9 Å². The van der Waals surface area contributed by atoms with Crippen LogP contribution in [0.3, 0.4) is 0 Å². The van der Waals surface area contributed by atoms with E-state index in [0.29, 0.717) is 6.04 Å². The summed E-state index contributed by atoms with van der Waals surface area (Å²) in [7, 11) is 0. The van der Waals surface area contributed by atoms with Gasteiger partial charge in [-0.15, -0.1) is 6.58 Å². The van der Waals surface area contributed by atoms with Crippen molar-refractivity contribution >= 4 is 0 Å². The molecule has 0 spiro atoms. The predicted octanol–water partition coefficient (Wildman–Crippen LogP) is 5.35. The van der Waals surface area contributed by atoms with E-state index in [0.717, 1.165) is 19.4 Å². The van der Waals surface area contributed by atoms with Crippen molar-refractivity contribution < 1.29 is 0 Å². The van der Waals surface area contributed by atoms with Crippen LogP contribution in [0.1, 0.15) is 62.1 Å². The molecule has 0 heterocycles. The zero-order valence-corrected chi connectivity index (χ0v) is 14.3.